The van der Waals surface area contributed by atoms with Crippen molar-refractivity contribution >= 4 is 0 Å². The van der Waals surface area contributed by atoms with Crippen LogP contribution in [-0.4, -0.2) is 164 Å². The number of benzene rings is 12. The number of aromatic hydroxyl groups is 6. The summed E-state index contributed by atoms with van der Waals surface area (Å²) in [5.41, 5.74) is 34.9. The van der Waals surface area contributed by atoms with Crippen LogP contribution in [0.4, 0.5) is 0 Å². The maximum atomic E-state index is 10.2. The van der Waals surface area contributed by atoms with Gasteiger partial charge in [0.05, 0.1) is 122 Å². The third-order valence-corrected chi connectivity index (χ3v) is 33.5. The lowest BCUT2D eigenvalue weighted by atomic mass is 9.79. The van der Waals surface area contributed by atoms with Gasteiger partial charge in [0, 0.05) is 103 Å². The van der Waals surface area contributed by atoms with Crippen molar-refractivity contribution in [1.82, 2.24) is 0 Å². The lowest BCUT2D eigenvalue weighted by Gasteiger charge is -2.46. The number of ether oxygens (including phenoxy) is 2. The van der Waals surface area contributed by atoms with Crippen molar-refractivity contribution in [3.63, 3.8) is 0 Å². The van der Waals surface area contributed by atoms with Crippen molar-refractivity contribution in [3.05, 3.63) is 374 Å². The number of methoxy groups -OCH3 is 2. The van der Waals surface area contributed by atoms with Crippen molar-refractivity contribution in [2.24, 2.45) is 17.8 Å². The number of fused-ring (bicyclic) bond motifs is 6. The van der Waals surface area contributed by atoms with Gasteiger partial charge in [0.25, 0.3) is 0 Å². The van der Waals surface area contributed by atoms with Gasteiger partial charge in [-0.05, 0) is 292 Å². The number of phenols is 6. The Morgan fingerprint density at radius 3 is 0.860 bits per heavy atom. The van der Waals surface area contributed by atoms with E-state index in [-0.39, 0.29) is 49.4 Å². The molecule has 9 aliphatic rings. The summed E-state index contributed by atoms with van der Waals surface area (Å²) in [6, 6.07) is 77.1. The average Bonchev–Trinajstić information content (AvgIpc) is 1.41. The Hall–Kier alpha value is -11.3. The lowest BCUT2D eigenvalue weighted by Crippen LogP contribution is -2.53. The molecular weight excluding hydrogens is 1770 g/mol. The summed E-state index contributed by atoms with van der Waals surface area (Å²) in [7, 11) is 14.9. The topological polar surface area (TPSA) is 221 Å². The smallest absolute Gasteiger partial charge is 0.160 e. The van der Waals surface area contributed by atoms with E-state index in [4.69, 9.17) is 9.47 Å². The molecule has 12 aromatic rings. The zero-order chi connectivity index (χ0) is 101. The molecule has 0 bridgehead atoms. The van der Waals surface area contributed by atoms with Crippen LogP contribution in [0, 0.1) is 59.3 Å². The van der Waals surface area contributed by atoms with E-state index in [1.165, 1.54) is 234 Å². The fourth-order valence-electron chi connectivity index (χ4n) is 24.4. The standard InChI is InChI=1S/C23H29NO3.2C23H29NO2.C20H25NO3.2C19H22O/c1-24(13-16-2-3-16)9-8-19-10-18(14-25)5-7-21(19)22(24)11-17-4-6-20(15-26)23(27)12-17;2*1-16-4-8-20-19(12-16)10-11-24(2,15-17-5-6-17)21(20)13-18-7-9-23(26-3)22(25)14-18;1-21(2)8-7-16-9-15(12-22)4-6-18(16)19(21)10-14-3-5-17(13-23)20(24)11-14;2*1-13-6-9-18-16(10-13)4-3-5-17(18)11-15-8-7-14(2)19(20)12-15/h4-7,10,12,16,22,25-26H,2-3,8-9,11,13-15H2,1H3;2*4,7-9,12,14,17,21H,5-6,10-11,13,15H2,1-3H3;3-6,9,11,19,22-23H,7-8,10,12-13H2,1-2H3;2*6-10,12,17,20H,3-5,11H2,1-2H3/p+4/t22-,24-;21-,24+;21-,24-;19-;2*17-/m100110/s1. The van der Waals surface area contributed by atoms with Gasteiger partial charge in [0.1, 0.15) is 47.2 Å². The van der Waals surface area contributed by atoms with Gasteiger partial charge in [-0.2, -0.15) is 0 Å². The first-order valence-corrected chi connectivity index (χ1v) is 53.0. The Bertz CT molecular complexity index is 6180. The van der Waals surface area contributed by atoms with Crippen LogP contribution in [0.25, 0.3) is 0 Å². The summed E-state index contributed by atoms with van der Waals surface area (Å²) in [6.07, 6.45) is 25.9. The van der Waals surface area contributed by atoms with E-state index in [9.17, 15) is 51.1 Å². The van der Waals surface area contributed by atoms with Crippen molar-refractivity contribution in [3.8, 4) is 46.0 Å². The molecule has 21 rings (SSSR count). The highest BCUT2D eigenvalue weighted by atomic mass is 16.5. The number of nitrogens with zero attached hydrogens (tertiary/aromatic N) is 4. The predicted octanol–water partition coefficient (Wildman–Crippen LogP) is 23.5. The zero-order valence-corrected chi connectivity index (χ0v) is 87.4. The number of phenolic OH excluding ortho intramolecular Hbond substituents is 4. The molecule has 5 aliphatic carbocycles. The number of hydrogen-bond acceptors (Lipinski definition) is 12. The van der Waals surface area contributed by atoms with E-state index in [2.05, 4.69) is 184 Å². The van der Waals surface area contributed by atoms with Gasteiger partial charge in [0.15, 0.2) is 23.0 Å². The summed E-state index contributed by atoms with van der Waals surface area (Å²) in [5, 5.41) is 97.7. The van der Waals surface area contributed by atoms with E-state index in [1.54, 1.807) is 26.4 Å². The summed E-state index contributed by atoms with van der Waals surface area (Å²) in [6.45, 7) is 20.8. The predicted molar refractivity (Wildman–Crippen MR) is 575 cm³/mol. The molecule has 0 aromatic heterocycles. The molecule has 0 spiro atoms. The van der Waals surface area contributed by atoms with Crippen molar-refractivity contribution < 1.29 is 78.5 Å². The van der Waals surface area contributed by atoms with Crippen LogP contribution in [-0.2, 0) is 103 Å². The van der Waals surface area contributed by atoms with Gasteiger partial charge >= 0.3 is 0 Å². The number of aryl methyl sites for hydroxylation is 8. The first-order chi connectivity index (χ1) is 68.7. The minimum absolute atomic E-state index is 0.0761. The summed E-state index contributed by atoms with van der Waals surface area (Å²) < 4.78 is 14.6. The lowest BCUT2D eigenvalue weighted by molar-refractivity contribution is -0.943. The summed E-state index contributed by atoms with van der Waals surface area (Å²) in [5.74, 6) is 6.59. The van der Waals surface area contributed by atoms with E-state index < -0.39 is 0 Å². The van der Waals surface area contributed by atoms with Crippen LogP contribution in [0.5, 0.6) is 46.0 Å². The van der Waals surface area contributed by atoms with E-state index >= 15 is 0 Å². The fraction of sp³-hybridized carbons (Fsp3) is 0.433. The summed E-state index contributed by atoms with van der Waals surface area (Å²) >= 11 is 0. The molecule has 0 amide bonds. The Kier molecular flexibility index (Phi) is 33.6. The molecule has 16 heteroatoms. The first kappa shape index (κ1) is 105. The zero-order valence-electron chi connectivity index (χ0n) is 87.4. The van der Waals surface area contributed by atoms with Crippen LogP contribution < -0.4 is 9.47 Å². The molecule has 143 heavy (non-hydrogen) atoms. The van der Waals surface area contributed by atoms with Gasteiger partial charge in [-0.1, -0.05) is 192 Å². The largest absolute Gasteiger partial charge is 0.508 e. The number of rotatable bonds is 24. The summed E-state index contributed by atoms with van der Waals surface area (Å²) in [4.78, 5) is 0. The highest BCUT2D eigenvalue weighted by molar-refractivity contribution is 5.49. The third-order valence-electron chi connectivity index (χ3n) is 33.5. The van der Waals surface area contributed by atoms with Crippen LogP contribution in [0.3, 0.4) is 0 Å². The maximum absolute atomic E-state index is 10.2. The SMILES string of the molecule is COc1ccc(C[C@H]2c3ccc(C)cc3CC[N@+]2(C)CC2CC2)cc1O.COc1ccc(C[C@H]2c3ccc(C)cc3CC[N@@+]2(C)CC2CC2)cc1O.C[N+]1(C)CCc2cc(CO)ccc2[C@H]1Cc1ccc(CO)c(O)c1.C[N@+]1(CC2CC2)CCc2cc(CO)ccc2[C@H]1Cc1ccc(CO)c(O)c1.Cc1ccc2c(c1)CCC[C@@H]2Cc1ccc(C)c(O)c1.Cc1ccc2c(c1)CCC[C@H]2Cc1ccc(C)c(O)c1. The molecule has 3 saturated carbocycles. The maximum Gasteiger partial charge on any atom is 0.160 e. The normalized spacial score (nSPS) is 21.9. The van der Waals surface area contributed by atoms with Crippen LogP contribution in [0.15, 0.2) is 218 Å². The van der Waals surface area contributed by atoms with E-state index in [1.807, 2.05) is 98.8 Å². The second-order valence-corrected chi connectivity index (χ2v) is 45.1. The Morgan fingerprint density at radius 2 is 0.538 bits per heavy atom. The number of aliphatic hydroxyl groups excluding tert-OH is 4. The molecule has 0 radical (unpaired) electrons. The van der Waals surface area contributed by atoms with Crippen molar-refractivity contribution in [2.45, 2.75) is 245 Å². The van der Waals surface area contributed by atoms with Gasteiger partial charge < -0.3 is 78.5 Å². The number of aliphatic hydroxyl groups is 4. The van der Waals surface area contributed by atoms with Gasteiger partial charge in [-0.3, -0.25) is 0 Å². The van der Waals surface area contributed by atoms with Gasteiger partial charge in [-0.25, -0.2) is 0 Å². The average molecular weight is 1930 g/mol. The number of hydrogen-bond donors (Lipinski definition) is 10. The molecule has 16 nitrogen and oxygen atoms in total. The Morgan fingerprint density at radius 1 is 0.259 bits per heavy atom. The fourth-order valence-corrected chi connectivity index (χ4v) is 24.4. The quantitative estimate of drug-likeness (QED) is 0.0255. The van der Waals surface area contributed by atoms with Gasteiger partial charge in [-0.15, -0.1) is 0 Å². The highest BCUT2D eigenvalue weighted by Crippen LogP contribution is 2.49. The second-order valence-electron chi connectivity index (χ2n) is 45.1. The molecule has 3 fully saturated rings. The van der Waals surface area contributed by atoms with E-state index in [0.29, 0.717) is 70.1 Å². The third kappa shape index (κ3) is 26.0. The number of likely N-dealkylation sites (N-methyl/N-ethyl adjacent to an activating group) is 4. The second kappa shape index (κ2) is 46.0. The molecule has 10 N–H and O–H groups in total. The molecule has 756 valence electrons. The molecule has 4 aliphatic heterocycles. The molecule has 9 atom stereocenters. The van der Waals surface area contributed by atoms with Crippen molar-refractivity contribution in [2.75, 3.05) is 95.3 Å². The van der Waals surface area contributed by atoms with Gasteiger partial charge in [0.2, 0.25) is 0 Å². The molecule has 4 heterocycles. The Balaban J connectivity index is 0.000000124. The van der Waals surface area contributed by atoms with Crippen LogP contribution in [0.2, 0.25) is 0 Å². The number of quaternary nitrogens is 4. The minimum atomic E-state index is -0.149. The molecule has 12 aromatic carbocycles. The van der Waals surface area contributed by atoms with Crippen LogP contribution >= 0.6 is 0 Å². The highest BCUT2D eigenvalue weighted by Gasteiger charge is 2.47. The molecule has 0 unspecified atom stereocenters. The van der Waals surface area contributed by atoms with Crippen molar-refractivity contribution in [1.29, 1.82) is 0 Å². The van der Waals surface area contributed by atoms with Crippen LogP contribution in [0.1, 0.15) is 256 Å². The minimum Gasteiger partial charge on any atom is -0.508 e. The molecule has 0 saturated heterocycles. The monoisotopic (exact) mass is 1930 g/mol. The van der Waals surface area contributed by atoms with E-state index in [0.717, 1.165) is 134 Å². The Labute approximate surface area is 851 Å². The molecular formula is C127H160N4O12+4. The first-order valence-electron chi connectivity index (χ1n) is 53.0.